The van der Waals surface area contributed by atoms with E-state index >= 15 is 0 Å². The van der Waals surface area contributed by atoms with Gasteiger partial charge in [-0.05, 0) is 0 Å². The maximum atomic E-state index is 13.5. The highest BCUT2D eigenvalue weighted by molar-refractivity contribution is 6.10. The van der Waals surface area contributed by atoms with Crippen LogP contribution < -0.4 is 22.1 Å². The predicted octanol–water partition coefficient (Wildman–Crippen LogP) is -0.107. The van der Waals surface area contributed by atoms with Gasteiger partial charge in [-0.1, -0.05) is 0 Å². The van der Waals surface area contributed by atoms with E-state index in [-0.39, 0.29) is 5.69 Å². The van der Waals surface area contributed by atoms with E-state index in [9.17, 15) is 28.5 Å². The highest BCUT2D eigenvalue weighted by Crippen LogP contribution is 2.40. The van der Waals surface area contributed by atoms with Crippen molar-refractivity contribution in [2.75, 3.05) is 10.6 Å². The molecule has 0 aliphatic carbocycles. The van der Waals surface area contributed by atoms with E-state index in [1.165, 1.54) is 0 Å². The van der Waals surface area contributed by atoms with Gasteiger partial charge in [0.15, 0.2) is 5.82 Å². The van der Waals surface area contributed by atoms with Crippen molar-refractivity contribution < 1.29 is 23.3 Å². The first-order valence-corrected chi connectivity index (χ1v) is 5.28. The number of nitrogens with one attached hydrogen (secondary N) is 2. The number of nitrogens with zero attached hydrogens (tertiary/aromatic N) is 1. The largest absolute Gasteiger partial charge is 0.364 e. The summed E-state index contributed by atoms with van der Waals surface area (Å²) in [5.74, 6) is -5.52. The number of amides is 2. The zero-order valence-corrected chi connectivity index (χ0v) is 10.1. The van der Waals surface area contributed by atoms with Gasteiger partial charge in [0, 0.05) is 6.07 Å². The van der Waals surface area contributed by atoms with E-state index in [2.05, 4.69) is 10.6 Å². The first kappa shape index (κ1) is 14.2. The lowest BCUT2D eigenvalue weighted by atomic mass is 10.1. The summed E-state index contributed by atoms with van der Waals surface area (Å²) in [7, 11) is 0. The van der Waals surface area contributed by atoms with Gasteiger partial charge in [0.2, 0.25) is 5.82 Å². The van der Waals surface area contributed by atoms with Gasteiger partial charge in [-0.3, -0.25) is 19.7 Å². The topological polar surface area (TPSA) is 153 Å². The van der Waals surface area contributed by atoms with Gasteiger partial charge in [0.05, 0.1) is 10.6 Å². The van der Waals surface area contributed by atoms with Gasteiger partial charge >= 0.3 is 5.69 Å². The average molecular weight is 299 g/mol. The number of carbonyl (C=O) groups excluding carboxylic acids is 2. The number of fused-ring (bicyclic) bond motifs is 1. The summed E-state index contributed by atoms with van der Waals surface area (Å²) in [6, 6.07) is 0.575. The molecule has 110 valence electrons. The van der Waals surface area contributed by atoms with Gasteiger partial charge < -0.3 is 22.1 Å². The van der Waals surface area contributed by atoms with Gasteiger partial charge in [0.25, 0.3) is 11.8 Å². The molecular formula is C10H7F2N5O4. The summed E-state index contributed by atoms with van der Waals surface area (Å²) in [4.78, 5) is 32.1. The third kappa shape index (κ3) is 2.20. The molecule has 1 aliphatic heterocycles. The number of nitro benzene ring substituents is 1. The Hall–Kier alpha value is -3.24. The Morgan fingerprint density at radius 3 is 2.14 bits per heavy atom. The summed E-state index contributed by atoms with van der Waals surface area (Å²) in [5, 5.41) is 15.2. The van der Waals surface area contributed by atoms with E-state index in [4.69, 9.17) is 11.5 Å². The number of benzene rings is 1. The third-order valence-corrected chi connectivity index (χ3v) is 2.63. The second-order valence-corrected chi connectivity index (χ2v) is 3.93. The minimum Gasteiger partial charge on any atom is -0.364 e. The molecule has 11 heteroatoms. The van der Waals surface area contributed by atoms with Crippen molar-refractivity contribution in [3.8, 4) is 0 Å². The summed E-state index contributed by atoms with van der Waals surface area (Å²) in [6.45, 7) is 0. The van der Waals surface area contributed by atoms with Crippen LogP contribution in [0.4, 0.5) is 25.8 Å². The number of hydrogen-bond donors (Lipinski definition) is 4. The number of anilines is 2. The molecule has 1 heterocycles. The summed E-state index contributed by atoms with van der Waals surface area (Å²) in [6.07, 6.45) is 0. The lowest BCUT2D eigenvalue weighted by Gasteiger charge is -2.22. The molecule has 6 N–H and O–H groups in total. The fourth-order valence-electron chi connectivity index (χ4n) is 1.76. The molecule has 9 nitrogen and oxygen atoms in total. The van der Waals surface area contributed by atoms with Gasteiger partial charge in [-0.25, -0.2) is 4.39 Å². The third-order valence-electron chi connectivity index (χ3n) is 2.63. The Morgan fingerprint density at radius 1 is 1.14 bits per heavy atom. The number of carbonyl (C=O) groups is 2. The van der Waals surface area contributed by atoms with Crippen molar-refractivity contribution in [3.05, 3.63) is 39.2 Å². The van der Waals surface area contributed by atoms with Crippen molar-refractivity contribution >= 4 is 28.9 Å². The molecule has 21 heavy (non-hydrogen) atoms. The number of hydrogen-bond acceptors (Lipinski definition) is 6. The van der Waals surface area contributed by atoms with Crippen molar-refractivity contribution in [1.29, 1.82) is 0 Å². The quantitative estimate of drug-likeness (QED) is 0.451. The van der Waals surface area contributed by atoms with E-state index < -0.39 is 51.1 Å². The Morgan fingerprint density at radius 2 is 1.67 bits per heavy atom. The van der Waals surface area contributed by atoms with Gasteiger partial charge in [-0.15, -0.1) is 0 Å². The zero-order chi connectivity index (χ0) is 15.9. The summed E-state index contributed by atoms with van der Waals surface area (Å²) in [5.41, 5.74) is 6.79. The SMILES string of the molecule is NC(=O)C1=C(C(N)=O)Nc2c(cc(F)c(F)c2[N+](=O)[O-])N1. The molecule has 0 radical (unpaired) electrons. The minimum absolute atomic E-state index is 0.334. The highest BCUT2D eigenvalue weighted by Gasteiger charge is 2.34. The molecule has 0 unspecified atom stereocenters. The summed E-state index contributed by atoms with van der Waals surface area (Å²) < 4.78 is 26.9. The van der Waals surface area contributed by atoms with Crippen LogP contribution in [0.2, 0.25) is 0 Å². The molecule has 0 aromatic heterocycles. The van der Waals surface area contributed by atoms with Crippen molar-refractivity contribution in [2.45, 2.75) is 0 Å². The van der Waals surface area contributed by atoms with Crippen LogP contribution in [0, 0.1) is 21.7 Å². The standard InChI is InChI=1S/C10H7F2N5O4/c11-2-1-3-5(8(4(2)12)17(20)21)16-7(10(14)19)6(15-3)9(13)18/h1,15-16H,(H2,13,18)(H2,14,19). The normalized spacial score (nSPS) is 13.0. The average Bonchev–Trinajstić information content (AvgIpc) is 2.38. The molecule has 1 aromatic rings. The minimum atomic E-state index is -1.72. The predicted molar refractivity (Wildman–Crippen MR) is 65.7 cm³/mol. The van der Waals surface area contributed by atoms with E-state index in [0.29, 0.717) is 6.07 Å². The van der Waals surface area contributed by atoms with Crippen LogP contribution in [0.15, 0.2) is 17.5 Å². The maximum Gasteiger partial charge on any atom is 0.333 e. The van der Waals surface area contributed by atoms with Crippen molar-refractivity contribution in [2.24, 2.45) is 11.5 Å². The maximum absolute atomic E-state index is 13.5. The van der Waals surface area contributed by atoms with Crippen LogP contribution in [0.5, 0.6) is 0 Å². The van der Waals surface area contributed by atoms with Gasteiger partial charge in [-0.2, -0.15) is 4.39 Å². The van der Waals surface area contributed by atoms with E-state index in [1.807, 2.05) is 0 Å². The Kier molecular flexibility index (Phi) is 3.17. The molecule has 0 atom stereocenters. The fraction of sp³-hybridized carbons (Fsp3) is 0. The number of rotatable bonds is 3. The summed E-state index contributed by atoms with van der Waals surface area (Å²) >= 11 is 0. The second kappa shape index (κ2) is 4.70. The Balaban J connectivity index is 2.71. The molecule has 0 fully saturated rings. The van der Waals surface area contributed by atoms with Crippen LogP contribution in [0.1, 0.15) is 0 Å². The van der Waals surface area contributed by atoms with Crippen LogP contribution in [-0.2, 0) is 9.59 Å². The number of halogens is 2. The van der Waals surface area contributed by atoms with E-state index in [1.54, 1.807) is 0 Å². The van der Waals surface area contributed by atoms with Crippen LogP contribution in [0.3, 0.4) is 0 Å². The lowest BCUT2D eigenvalue weighted by molar-refractivity contribution is -0.386. The monoisotopic (exact) mass is 299 g/mol. The van der Waals surface area contributed by atoms with Crippen molar-refractivity contribution in [1.82, 2.24) is 0 Å². The van der Waals surface area contributed by atoms with Crippen LogP contribution in [0.25, 0.3) is 0 Å². The second-order valence-electron chi connectivity index (χ2n) is 3.93. The molecule has 1 aromatic carbocycles. The van der Waals surface area contributed by atoms with E-state index in [0.717, 1.165) is 0 Å². The fourth-order valence-corrected chi connectivity index (χ4v) is 1.76. The number of nitrogens with two attached hydrogens (primary N) is 2. The molecule has 2 rings (SSSR count). The Bertz CT molecular complexity index is 731. The molecule has 0 bridgehead atoms. The highest BCUT2D eigenvalue weighted by atomic mass is 19.2. The number of nitro groups is 1. The molecule has 2 amide bonds. The first-order chi connectivity index (χ1) is 9.73. The van der Waals surface area contributed by atoms with Crippen LogP contribution >= 0.6 is 0 Å². The van der Waals surface area contributed by atoms with Crippen LogP contribution in [-0.4, -0.2) is 16.7 Å². The van der Waals surface area contributed by atoms with Crippen molar-refractivity contribution in [3.63, 3.8) is 0 Å². The molecule has 0 saturated heterocycles. The molecular weight excluding hydrogens is 292 g/mol. The molecule has 0 saturated carbocycles. The first-order valence-electron chi connectivity index (χ1n) is 5.28. The molecule has 0 spiro atoms. The number of primary amides is 2. The smallest absolute Gasteiger partial charge is 0.333 e. The van der Waals surface area contributed by atoms with Gasteiger partial charge in [0.1, 0.15) is 17.1 Å². The zero-order valence-electron chi connectivity index (χ0n) is 10.1. The Labute approximate surface area is 114 Å². The molecule has 1 aliphatic rings. The lowest BCUT2D eigenvalue weighted by Crippen LogP contribution is -2.33.